The molecule has 0 bridgehead atoms. The molecule has 11 heteroatoms. The lowest BCUT2D eigenvalue weighted by Gasteiger charge is -2.32. The number of nitrogens with zero attached hydrogens (tertiary/aromatic N) is 4. The summed E-state index contributed by atoms with van der Waals surface area (Å²) in [5.41, 5.74) is 4.33. The number of anilines is 1. The highest BCUT2D eigenvalue weighted by Crippen LogP contribution is 2.40. The van der Waals surface area contributed by atoms with E-state index in [0.717, 1.165) is 12.1 Å². The van der Waals surface area contributed by atoms with Crippen LogP contribution in [0.5, 0.6) is 0 Å². The van der Waals surface area contributed by atoms with Crippen molar-refractivity contribution in [3.63, 3.8) is 0 Å². The highest BCUT2D eigenvalue weighted by Gasteiger charge is 2.52. The first kappa shape index (κ1) is 18.6. The van der Waals surface area contributed by atoms with Crippen molar-refractivity contribution in [1.29, 1.82) is 0 Å². The van der Waals surface area contributed by atoms with Crippen molar-refractivity contribution >= 4 is 17.0 Å². The first-order chi connectivity index (χ1) is 13.2. The molecule has 1 fully saturated rings. The molecule has 4 rings (SSSR count). The summed E-state index contributed by atoms with van der Waals surface area (Å²) in [5.74, 6) is -2.11. The lowest BCUT2D eigenvalue weighted by atomic mass is 9.86. The molecule has 3 heterocycles. The van der Waals surface area contributed by atoms with Crippen molar-refractivity contribution in [3.8, 4) is 0 Å². The van der Waals surface area contributed by atoms with E-state index in [2.05, 4.69) is 15.0 Å². The standard InChI is InChI=1S/C17H17F2N5O4/c1-17(27,7-2-3-8(18)9(19)4-7)13-11(25)12(26)16(28-13)24-6-23-10-14(20)21-5-22-15(10)24/h2-6,11-13,16,25-27H,1H3,(H2,20,21,22)/t11-,12+,13-,16+,17+/m0/s1. The Labute approximate surface area is 157 Å². The Morgan fingerprint density at radius 1 is 1.14 bits per heavy atom. The van der Waals surface area contributed by atoms with Gasteiger partial charge in [0.05, 0.1) is 6.33 Å². The van der Waals surface area contributed by atoms with Gasteiger partial charge in [-0.05, 0) is 24.6 Å². The van der Waals surface area contributed by atoms with Crippen molar-refractivity contribution in [3.05, 3.63) is 48.1 Å². The van der Waals surface area contributed by atoms with Crippen LogP contribution >= 0.6 is 0 Å². The van der Waals surface area contributed by atoms with E-state index < -0.39 is 41.8 Å². The fraction of sp³-hybridized carbons (Fsp3) is 0.353. The number of ether oxygens (including phenoxy) is 1. The van der Waals surface area contributed by atoms with Gasteiger partial charge in [0.25, 0.3) is 0 Å². The molecule has 148 valence electrons. The van der Waals surface area contributed by atoms with Crippen LogP contribution in [-0.4, -0.2) is 53.2 Å². The first-order valence-electron chi connectivity index (χ1n) is 8.34. The van der Waals surface area contributed by atoms with Crippen LogP contribution in [0, 0.1) is 11.6 Å². The number of hydrogen-bond donors (Lipinski definition) is 4. The second kappa shape index (κ2) is 6.41. The lowest BCUT2D eigenvalue weighted by molar-refractivity contribution is -0.136. The maximum absolute atomic E-state index is 13.6. The van der Waals surface area contributed by atoms with Crippen LogP contribution in [0.1, 0.15) is 18.7 Å². The quantitative estimate of drug-likeness (QED) is 0.495. The number of benzene rings is 1. The average Bonchev–Trinajstić information content (AvgIpc) is 3.20. The van der Waals surface area contributed by atoms with Crippen LogP contribution in [0.4, 0.5) is 14.6 Å². The van der Waals surface area contributed by atoms with Crippen molar-refractivity contribution in [2.24, 2.45) is 0 Å². The Morgan fingerprint density at radius 2 is 1.89 bits per heavy atom. The van der Waals surface area contributed by atoms with Gasteiger partial charge in [-0.2, -0.15) is 0 Å². The molecule has 0 saturated carbocycles. The average molecular weight is 393 g/mol. The number of halogens is 2. The summed E-state index contributed by atoms with van der Waals surface area (Å²) >= 11 is 0. The van der Waals surface area contributed by atoms with Crippen LogP contribution in [0.25, 0.3) is 11.2 Å². The minimum absolute atomic E-state index is 0.0228. The van der Waals surface area contributed by atoms with Crippen LogP contribution in [-0.2, 0) is 10.3 Å². The Morgan fingerprint density at radius 3 is 2.61 bits per heavy atom. The maximum Gasteiger partial charge on any atom is 0.167 e. The summed E-state index contributed by atoms with van der Waals surface area (Å²) in [7, 11) is 0. The number of fused-ring (bicyclic) bond motifs is 1. The van der Waals surface area contributed by atoms with Crippen molar-refractivity contribution in [2.75, 3.05) is 5.73 Å². The predicted octanol–water partition coefficient (Wildman–Crippen LogP) is 0.214. The van der Waals surface area contributed by atoms with E-state index in [0.29, 0.717) is 0 Å². The number of aliphatic hydroxyl groups excluding tert-OH is 2. The summed E-state index contributed by atoms with van der Waals surface area (Å²) in [4.78, 5) is 12.0. The van der Waals surface area contributed by atoms with E-state index in [9.17, 15) is 24.1 Å². The highest BCUT2D eigenvalue weighted by atomic mass is 19.2. The number of nitrogens with two attached hydrogens (primary N) is 1. The molecule has 1 saturated heterocycles. The Kier molecular flexibility index (Phi) is 4.27. The number of imidazole rings is 1. The van der Waals surface area contributed by atoms with Crippen LogP contribution in [0.2, 0.25) is 0 Å². The molecule has 2 aromatic heterocycles. The van der Waals surface area contributed by atoms with E-state index in [-0.39, 0.29) is 22.5 Å². The molecule has 5 atom stereocenters. The first-order valence-corrected chi connectivity index (χ1v) is 8.34. The zero-order chi connectivity index (χ0) is 20.2. The largest absolute Gasteiger partial charge is 0.387 e. The van der Waals surface area contributed by atoms with Crippen LogP contribution < -0.4 is 5.73 Å². The van der Waals surface area contributed by atoms with E-state index in [1.54, 1.807) is 0 Å². The smallest absolute Gasteiger partial charge is 0.167 e. The van der Waals surface area contributed by atoms with E-state index in [1.807, 2.05) is 0 Å². The van der Waals surface area contributed by atoms with Gasteiger partial charge in [-0.25, -0.2) is 23.7 Å². The minimum atomic E-state index is -1.94. The van der Waals surface area contributed by atoms with Gasteiger partial charge >= 0.3 is 0 Å². The molecule has 28 heavy (non-hydrogen) atoms. The Hall–Kier alpha value is -2.73. The van der Waals surface area contributed by atoms with Gasteiger partial charge in [0, 0.05) is 0 Å². The van der Waals surface area contributed by atoms with Gasteiger partial charge in [0.15, 0.2) is 29.3 Å². The second-order valence-electron chi connectivity index (χ2n) is 6.79. The third kappa shape index (κ3) is 2.71. The van der Waals surface area contributed by atoms with Gasteiger partial charge in [-0.15, -0.1) is 0 Å². The van der Waals surface area contributed by atoms with Gasteiger partial charge in [-0.1, -0.05) is 6.07 Å². The topological polar surface area (TPSA) is 140 Å². The van der Waals surface area contributed by atoms with Crippen molar-refractivity contribution < 1.29 is 28.8 Å². The zero-order valence-electron chi connectivity index (χ0n) is 14.6. The van der Waals surface area contributed by atoms with Gasteiger partial charge in [0.1, 0.15) is 35.8 Å². The fourth-order valence-electron chi connectivity index (χ4n) is 3.39. The molecule has 5 N–H and O–H groups in total. The van der Waals surface area contributed by atoms with E-state index in [4.69, 9.17) is 10.5 Å². The Balaban J connectivity index is 1.71. The Bertz CT molecular complexity index is 1040. The summed E-state index contributed by atoms with van der Waals surface area (Å²) in [6.07, 6.45) is -2.99. The number of aliphatic hydroxyl groups is 3. The number of nitrogen functional groups attached to an aromatic ring is 1. The monoisotopic (exact) mass is 393 g/mol. The molecule has 3 aromatic rings. The van der Waals surface area contributed by atoms with Crippen molar-refractivity contribution in [2.45, 2.75) is 37.1 Å². The van der Waals surface area contributed by atoms with Gasteiger partial charge in [-0.3, -0.25) is 4.57 Å². The van der Waals surface area contributed by atoms with E-state index >= 15 is 0 Å². The summed E-state index contributed by atoms with van der Waals surface area (Å²) in [6, 6.07) is 2.85. The summed E-state index contributed by atoms with van der Waals surface area (Å²) in [6.45, 7) is 1.27. The van der Waals surface area contributed by atoms with E-state index in [1.165, 1.54) is 30.2 Å². The molecule has 0 aliphatic carbocycles. The van der Waals surface area contributed by atoms with Crippen LogP contribution in [0.15, 0.2) is 30.9 Å². The number of rotatable bonds is 3. The molecule has 0 radical (unpaired) electrons. The summed E-state index contributed by atoms with van der Waals surface area (Å²) < 4.78 is 33.9. The molecule has 0 unspecified atom stereocenters. The molecule has 1 aliphatic heterocycles. The predicted molar refractivity (Wildman–Crippen MR) is 91.6 cm³/mol. The third-order valence-corrected chi connectivity index (χ3v) is 4.96. The van der Waals surface area contributed by atoms with Gasteiger partial charge < -0.3 is 25.8 Å². The van der Waals surface area contributed by atoms with Gasteiger partial charge in [0.2, 0.25) is 0 Å². The normalized spacial score (nSPS) is 27.2. The number of aromatic nitrogens is 4. The molecular formula is C17H17F2N5O4. The zero-order valence-corrected chi connectivity index (χ0v) is 14.6. The highest BCUT2D eigenvalue weighted by molar-refractivity contribution is 5.81. The SMILES string of the molecule is C[C@@](O)(c1ccc(F)c(F)c1)[C@H]1O[C@@H](n2cnc3c(N)ncnc32)[C@H](O)[C@@H]1O. The molecule has 0 amide bonds. The van der Waals surface area contributed by atoms with Crippen LogP contribution in [0.3, 0.4) is 0 Å². The molecule has 9 nitrogen and oxygen atoms in total. The molecule has 0 spiro atoms. The fourth-order valence-corrected chi connectivity index (χ4v) is 3.39. The molecular weight excluding hydrogens is 376 g/mol. The third-order valence-electron chi connectivity index (χ3n) is 4.96. The number of hydrogen-bond acceptors (Lipinski definition) is 8. The molecule has 1 aromatic carbocycles. The minimum Gasteiger partial charge on any atom is -0.387 e. The summed E-state index contributed by atoms with van der Waals surface area (Å²) in [5, 5.41) is 31.9. The lowest BCUT2D eigenvalue weighted by Crippen LogP contribution is -2.45. The maximum atomic E-state index is 13.6. The second-order valence-corrected chi connectivity index (χ2v) is 6.79. The van der Waals surface area contributed by atoms with Crippen molar-refractivity contribution in [1.82, 2.24) is 19.5 Å². The molecule has 1 aliphatic rings.